The van der Waals surface area contributed by atoms with Crippen molar-refractivity contribution in [2.45, 2.75) is 19.9 Å². The first-order chi connectivity index (χ1) is 8.06. The van der Waals surface area contributed by atoms with E-state index >= 15 is 0 Å². The highest BCUT2D eigenvalue weighted by molar-refractivity contribution is 7.13. The van der Waals surface area contributed by atoms with Crippen molar-refractivity contribution in [3.05, 3.63) is 33.0 Å². The number of anilines is 1. The third kappa shape index (κ3) is 2.83. The van der Waals surface area contributed by atoms with Gasteiger partial charge in [0, 0.05) is 15.1 Å². The van der Waals surface area contributed by atoms with Gasteiger partial charge < -0.3 is 11.1 Å². The van der Waals surface area contributed by atoms with Crippen LogP contribution in [0.1, 0.15) is 33.2 Å². The zero-order valence-corrected chi connectivity index (χ0v) is 11.2. The van der Waals surface area contributed by atoms with E-state index in [2.05, 4.69) is 10.3 Å². The van der Waals surface area contributed by atoms with E-state index in [1.54, 1.807) is 16.7 Å². The van der Waals surface area contributed by atoms with Crippen LogP contribution in [0.3, 0.4) is 0 Å². The van der Waals surface area contributed by atoms with Crippen molar-refractivity contribution in [2.75, 3.05) is 5.73 Å². The van der Waals surface area contributed by atoms with Crippen molar-refractivity contribution in [1.82, 2.24) is 10.3 Å². The van der Waals surface area contributed by atoms with Gasteiger partial charge in [0.1, 0.15) is 5.69 Å². The first-order valence-corrected chi connectivity index (χ1v) is 6.84. The van der Waals surface area contributed by atoms with Crippen molar-refractivity contribution in [2.24, 2.45) is 0 Å². The molecular weight excluding hydrogens is 254 g/mol. The van der Waals surface area contributed by atoms with Crippen molar-refractivity contribution >= 4 is 33.7 Å². The van der Waals surface area contributed by atoms with Gasteiger partial charge in [-0.15, -0.1) is 22.7 Å². The number of nitrogens with one attached hydrogen (secondary N) is 1. The minimum absolute atomic E-state index is 0.0101. The molecule has 2 aromatic rings. The summed E-state index contributed by atoms with van der Waals surface area (Å²) in [6.45, 7) is 4.00. The quantitative estimate of drug-likeness (QED) is 0.898. The lowest BCUT2D eigenvalue weighted by atomic mass is 10.2. The fourth-order valence-electron chi connectivity index (χ4n) is 1.42. The van der Waals surface area contributed by atoms with Crippen LogP contribution in [0.4, 0.5) is 5.13 Å². The summed E-state index contributed by atoms with van der Waals surface area (Å²) in [5.41, 5.74) is 5.87. The number of aromatic nitrogens is 1. The normalized spacial score (nSPS) is 12.4. The fraction of sp³-hybridized carbons (Fsp3) is 0.273. The Hall–Kier alpha value is -1.40. The Morgan fingerprint density at radius 1 is 1.53 bits per heavy atom. The van der Waals surface area contributed by atoms with E-state index in [0.29, 0.717) is 10.8 Å². The summed E-state index contributed by atoms with van der Waals surface area (Å²) < 4.78 is 0. The molecule has 1 unspecified atom stereocenters. The number of nitrogens with zero attached hydrogens (tertiary/aromatic N) is 1. The second-order valence-corrected chi connectivity index (χ2v) is 5.92. The molecule has 6 heteroatoms. The van der Waals surface area contributed by atoms with Gasteiger partial charge in [0.2, 0.25) is 0 Å². The highest BCUT2D eigenvalue weighted by atomic mass is 32.1. The average molecular weight is 267 g/mol. The average Bonchev–Trinajstić information content (AvgIpc) is 2.87. The molecule has 0 saturated carbocycles. The zero-order chi connectivity index (χ0) is 12.4. The summed E-state index contributed by atoms with van der Waals surface area (Å²) in [6, 6.07) is 4.06. The maximum Gasteiger partial charge on any atom is 0.271 e. The molecule has 4 nitrogen and oxygen atoms in total. The van der Waals surface area contributed by atoms with Crippen LogP contribution in [-0.4, -0.2) is 10.9 Å². The molecule has 0 radical (unpaired) electrons. The molecule has 17 heavy (non-hydrogen) atoms. The third-order valence-electron chi connectivity index (χ3n) is 2.29. The number of aryl methyl sites for hydroxylation is 1. The van der Waals surface area contributed by atoms with E-state index in [4.69, 9.17) is 5.73 Å². The first kappa shape index (κ1) is 12.1. The minimum Gasteiger partial charge on any atom is -0.375 e. The Bertz CT molecular complexity index is 532. The standard InChI is InChI=1S/C11H13N3OS2/c1-6-3-4-9(17-6)7(2)13-10(15)8-5-16-11(12)14-8/h3-5,7H,1-2H3,(H2,12,14)(H,13,15). The Kier molecular flexibility index (Phi) is 3.44. The number of amides is 1. The summed E-state index contributed by atoms with van der Waals surface area (Å²) in [4.78, 5) is 18.2. The highest BCUT2D eigenvalue weighted by Gasteiger charge is 2.14. The summed E-state index contributed by atoms with van der Waals surface area (Å²) >= 11 is 2.95. The largest absolute Gasteiger partial charge is 0.375 e. The van der Waals surface area contributed by atoms with Crippen molar-refractivity contribution in [3.63, 3.8) is 0 Å². The van der Waals surface area contributed by atoms with Gasteiger partial charge in [-0.05, 0) is 26.0 Å². The zero-order valence-electron chi connectivity index (χ0n) is 9.56. The summed E-state index contributed by atoms with van der Waals surface area (Å²) in [5, 5.41) is 4.97. The molecule has 2 rings (SSSR count). The number of rotatable bonds is 3. The molecule has 0 aromatic carbocycles. The molecule has 1 amide bonds. The number of nitrogen functional groups attached to an aromatic ring is 1. The monoisotopic (exact) mass is 267 g/mol. The van der Waals surface area contributed by atoms with Crippen LogP contribution in [0.5, 0.6) is 0 Å². The molecule has 0 aliphatic rings. The molecule has 0 aliphatic carbocycles. The summed E-state index contributed by atoms with van der Waals surface area (Å²) in [5.74, 6) is -0.184. The fourth-order valence-corrected chi connectivity index (χ4v) is 2.84. The highest BCUT2D eigenvalue weighted by Crippen LogP contribution is 2.22. The number of hydrogen-bond acceptors (Lipinski definition) is 5. The first-order valence-electron chi connectivity index (χ1n) is 5.14. The van der Waals surface area contributed by atoms with Gasteiger partial charge in [0.25, 0.3) is 5.91 Å². The Morgan fingerprint density at radius 3 is 2.82 bits per heavy atom. The predicted octanol–water partition coefficient (Wildman–Crippen LogP) is 2.59. The van der Waals surface area contributed by atoms with Crippen LogP contribution in [-0.2, 0) is 0 Å². The van der Waals surface area contributed by atoms with E-state index in [1.807, 2.05) is 26.0 Å². The second-order valence-electron chi connectivity index (χ2n) is 3.71. The van der Waals surface area contributed by atoms with Crippen molar-refractivity contribution in [3.8, 4) is 0 Å². The number of nitrogens with two attached hydrogens (primary N) is 1. The Balaban J connectivity index is 2.04. The molecular formula is C11H13N3OS2. The maximum atomic E-state index is 11.8. The molecule has 1 atom stereocenters. The molecule has 0 bridgehead atoms. The van der Waals surface area contributed by atoms with E-state index < -0.39 is 0 Å². The van der Waals surface area contributed by atoms with Gasteiger partial charge in [-0.2, -0.15) is 0 Å². The predicted molar refractivity (Wildman–Crippen MR) is 71.5 cm³/mol. The molecule has 0 fully saturated rings. The van der Waals surface area contributed by atoms with Crippen LogP contribution in [0.25, 0.3) is 0 Å². The summed E-state index contributed by atoms with van der Waals surface area (Å²) in [6.07, 6.45) is 0. The minimum atomic E-state index is -0.184. The molecule has 2 heterocycles. The lowest BCUT2D eigenvalue weighted by Gasteiger charge is -2.10. The molecule has 0 saturated heterocycles. The lowest BCUT2D eigenvalue weighted by Crippen LogP contribution is -2.26. The van der Waals surface area contributed by atoms with Crippen molar-refractivity contribution in [1.29, 1.82) is 0 Å². The van der Waals surface area contributed by atoms with Crippen LogP contribution in [0, 0.1) is 6.92 Å². The number of carbonyl (C=O) groups is 1. The lowest BCUT2D eigenvalue weighted by molar-refractivity contribution is 0.0936. The van der Waals surface area contributed by atoms with Crippen LogP contribution in [0.15, 0.2) is 17.5 Å². The van der Waals surface area contributed by atoms with Gasteiger partial charge in [0.05, 0.1) is 6.04 Å². The van der Waals surface area contributed by atoms with E-state index in [0.717, 1.165) is 4.88 Å². The van der Waals surface area contributed by atoms with Gasteiger partial charge in [-0.1, -0.05) is 0 Å². The molecule has 3 N–H and O–H groups in total. The van der Waals surface area contributed by atoms with E-state index in [-0.39, 0.29) is 11.9 Å². The Labute approximate surface area is 107 Å². The Morgan fingerprint density at radius 2 is 2.29 bits per heavy atom. The SMILES string of the molecule is Cc1ccc(C(C)NC(=O)c2csc(N)n2)s1. The van der Waals surface area contributed by atoms with Gasteiger partial charge >= 0.3 is 0 Å². The number of thiazole rings is 1. The van der Waals surface area contributed by atoms with E-state index in [1.165, 1.54) is 16.2 Å². The maximum absolute atomic E-state index is 11.8. The molecule has 2 aromatic heterocycles. The molecule has 0 spiro atoms. The van der Waals surface area contributed by atoms with Gasteiger partial charge in [-0.3, -0.25) is 4.79 Å². The number of hydrogen-bond donors (Lipinski definition) is 2. The molecule has 0 aliphatic heterocycles. The topological polar surface area (TPSA) is 68.0 Å². The number of thiophene rings is 1. The second kappa shape index (κ2) is 4.85. The van der Waals surface area contributed by atoms with E-state index in [9.17, 15) is 4.79 Å². The third-order valence-corrected chi connectivity index (χ3v) is 4.15. The molecule has 90 valence electrons. The van der Waals surface area contributed by atoms with Crippen LogP contribution >= 0.6 is 22.7 Å². The number of carbonyl (C=O) groups excluding carboxylic acids is 1. The van der Waals surface area contributed by atoms with Crippen LogP contribution in [0.2, 0.25) is 0 Å². The van der Waals surface area contributed by atoms with Crippen LogP contribution < -0.4 is 11.1 Å². The van der Waals surface area contributed by atoms with Crippen molar-refractivity contribution < 1.29 is 4.79 Å². The van der Waals surface area contributed by atoms with Gasteiger partial charge in [-0.25, -0.2) is 4.98 Å². The summed E-state index contributed by atoms with van der Waals surface area (Å²) in [7, 11) is 0. The van der Waals surface area contributed by atoms with Gasteiger partial charge in [0.15, 0.2) is 5.13 Å². The smallest absolute Gasteiger partial charge is 0.271 e.